The van der Waals surface area contributed by atoms with Crippen LogP contribution in [0.25, 0.3) is 22.2 Å². The minimum atomic E-state index is -4.70. The number of halogens is 4. The van der Waals surface area contributed by atoms with E-state index in [1.54, 1.807) is 17.0 Å². The van der Waals surface area contributed by atoms with E-state index in [0.717, 1.165) is 38.1 Å². The Morgan fingerprint density at radius 1 is 1.24 bits per heavy atom. The van der Waals surface area contributed by atoms with E-state index in [1.807, 2.05) is 0 Å². The first-order chi connectivity index (χ1) is 15.5. The summed E-state index contributed by atoms with van der Waals surface area (Å²) in [5.74, 6) is 0. The fourth-order valence-corrected chi connectivity index (χ4v) is 5.66. The monoisotopic (exact) mass is 496 g/mol. The van der Waals surface area contributed by atoms with E-state index < -0.39 is 22.2 Å². The predicted octanol–water partition coefficient (Wildman–Crippen LogP) is 5.57. The van der Waals surface area contributed by atoms with Crippen LogP contribution in [0.3, 0.4) is 0 Å². The van der Waals surface area contributed by atoms with Gasteiger partial charge in [0, 0.05) is 17.6 Å². The molecule has 0 radical (unpaired) electrons. The van der Waals surface area contributed by atoms with Gasteiger partial charge in [0.1, 0.15) is 17.3 Å². The number of nitrogens with zero attached hydrogens (tertiary/aromatic N) is 3. The smallest absolute Gasteiger partial charge is 0.336 e. The number of rotatable bonds is 5. The molecule has 1 aliphatic carbocycles. The summed E-state index contributed by atoms with van der Waals surface area (Å²) in [7, 11) is -4.38. The summed E-state index contributed by atoms with van der Waals surface area (Å²) in [6, 6.07) is 7.33. The first kappa shape index (κ1) is 23.5. The highest BCUT2D eigenvalue weighted by Crippen LogP contribution is 2.41. The van der Waals surface area contributed by atoms with Gasteiger partial charge in [-0.25, -0.2) is 13.4 Å². The Hall–Kier alpha value is -2.61. The SMILES string of the molecule is C[C@@H](NS(=O)(=O)c1ccc(-c2c(C#N)c3cnc(Cl)cc3n2C2CCCC2)cc1)C(F)(F)F. The Labute approximate surface area is 194 Å². The van der Waals surface area contributed by atoms with E-state index in [1.165, 1.54) is 24.3 Å². The maximum Gasteiger partial charge on any atom is 0.404 e. The van der Waals surface area contributed by atoms with Crippen LogP contribution in [0.2, 0.25) is 5.15 Å². The van der Waals surface area contributed by atoms with Gasteiger partial charge in [-0.3, -0.25) is 0 Å². The number of nitriles is 1. The van der Waals surface area contributed by atoms with Crippen molar-refractivity contribution in [2.75, 3.05) is 0 Å². The Balaban J connectivity index is 1.81. The highest BCUT2D eigenvalue weighted by atomic mass is 35.5. The molecule has 174 valence electrons. The molecule has 4 rings (SSSR count). The lowest BCUT2D eigenvalue weighted by molar-refractivity contribution is -0.147. The van der Waals surface area contributed by atoms with E-state index in [9.17, 15) is 26.9 Å². The van der Waals surface area contributed by atoms with Crippen molar-refractivity contribution in [3.63, 3.8) is 0 Å². The second-order valence-electron chi connectivity index (χ2n) is 8.08. The second-order valence-corrected chi connectivity index (χ2v) is 10.2. The van der Waals surface area contributed by atoms with Crippen molar-refractivity contribution < 1.29 is 21.6 Å². The predicted molar refractivity (Wildman–Crippen MR) is 118 cm³/mol. The minimum Gasteiger partial charge on any atom is -0.336 e. The third-order valence-corrected chi connectivity index (χ3v) is 7.68. The molecule has 0 spiro atoms. The summed E-state index contributed by atoms with van der Waals surface area (Å²) in [4.78, 5) is 3.81. The number of nitrogens with one attached hydrogen (secondary N) is 1. The van der Waals surface area contributed by atoms with Crippen LogP contribution in [0.4, 0.5) is 13.2 Å². The molecule has 6 nitrogen and oxygen atoms in total. The zero-order valence-electron chi connectivity index (χ0n) is 17.5. The van der Waals surface area contributed by atoms with E-state index in [-0.39, 0.29) is 10.9 Å². The largest absolute Gasteiger partial charge is 0.404 e. The van der Waals surface area contributed by atoms with Crippen LogP contribution in [-0.2, 0) is 10.0 Å². The van der Waals surface area contributed by atoms with Crippen LogP contribution in [0.5, 0.6) is 0 Å². The number of aromatic nitrogens is 2. The lowest BCUT2D eigenvalue weighted by Gasteiger charge is -2.19. The van der Waals surface area contributed by atoms with Crippen molar-refractivity contribution >= 4 is 32.5 Å². The van der Waals surface area contributed by atoms with E-state index in [4.69, 9.17) is 11.6 Å². The zero-order valence-corrected chi connectivity index (χ0v) is 19.1. The minimum absolute atomic E-state index is 0.140. The van der Waals surface area contributed by atoms with Crippen LogP contribution in [0, 0.1) is 11.3 Å². The van der Waals surface area contributed by atoms with Crippen molar-refractivity contribution in [1.82, 2.24) is 14.3 Å². The van der Waals surface area contributed by atoms with Crippen molar-refractivity contribution in [3.8, 4) is 17.3 Å². The van der Waals surface area contributed by atoms with Gasteiger partial charge < -0.3 is 4.57 Å². The van der Waals surface area contributed by atoms with Crippen LogP contribution in [0.1, 0.15) is 44.2 Å². The zero-order chi connectivity index (χ0) is 24.0. The van der Waals surface area contributed by atoms with Gasteiger partial charge in [0.05, 0.1) is 21.7 Å². The van der Waals surface area contributed by atoms with E-state index >= 15 is 0 Å². The van der Waals surface area contributed by atoms with Crippen molar-refractivity contribution in [2.45, 2.75) is 55.8 Å². The molecule has 0 amide bonds. The number of hydrogen-bond donors (Lipinski definition) is 1. The number of pyridine rings is 1. The van der Waals surface area contributed by atoms with Gasteiger partial charge in [-0.05, 0) is 43.5 Å². The molecule has 1 saturated carbocycles. The molecule has 2 aromatic heterocycles. The molecule has 1 aromatic carbocycles. The Morgan fingerprint density at radius 3 is 2.45 bits per heavy atom. The van der Waals surface area contributed by atoms with Gasteiger partial charge in [0.25, 0.3) is 0 Å². The normalized spacial score (nSPS) is 16.2. The second kappa shape index (κ2) is 8.63. The summed E-state index contributed by atoms with van der Waals surface area (Å²) >= 11 is 6.13. The van der Waals surface area contributed by atoms with Crippen molar-refractivity contribution in [1.29, 1.82) is 5.26 Å². The number of hydrogen-bond acceptors (Lipinski definition) is 4. The average Bonchev–Trinajstić information content (AvgIpc) is 3.38. The fraction of sp³-hybridized carbons (Fsp3) is 0.364. The lowest BCUT2D eigenvalue weighted by atomic mass is 10.1. The summed E-state index contributed by atoms with van der Waals surface area (Å²) in [5, 5.41) is 10.9. The lowest BCUT2D eigenvalue weighted by Crippen LogP contribution is -2.42. The Kier molecular flexibility index (Phi) is 6.16. The number of benzene rings is 1. The van der Waals surface area contributed by atoms with E-state index in [0.29, 0.717) is 27.4 Å². The van der Waals surface area contributed by atoms with Gasteiger partial charge in [-0.15, -0.1) is 0 Å². The number of alkyl halides is 3. The van der Waals surface area contributed by atoms with Crippen molar-refractivity contribution in [3.05, 3.63) is 47.2 Å². The van der Waals surface area contributed by atoms with Gasteiger partial charge in [0.15, 0.2) is 0 Å². The topological polar surface area (TPSA) is 87.8 Å². The molecule has 1 N–H and O–H groups in total. The van der Waals surface area contributed by atoms with Crippen LogP contribution < -0.4 is 4.72 Å². The molecule has 1 aliphatic rings. The van der Waals surface area contributed by atoms with Crippen molar-refractivity contribution in [2.24, 2.45) is 0 Å². The third-order valence-electron chi connectivity index (χ3n) is 5.92. The fourth-order valence-electron chi connectivity index (χ4n) is 4.28. The summed E-state index contributed by atoms with van der Waals surface area (Å²) < 4.78 is 67.0. The number of sulfonamides is 1. The molecule has 33 heavy (non-hydrogen) atoms. The molecular weight excluding hydrogens is 477 g/mol. The summed E-state index contributed by atoms with van der Waals surface area (Å²) in [5.41, 5.74) is 2.35. The first-order valence-corrected chi connectivity index (χ1v) is 12.2. The third kappa shape index (κ3) is 4.45. The molecule has 1 atom stereocenters. The standard InChI is InChI=1S/C22H20ClF3N4O2S/c1-13(22(24,25)26)29-33(31,32)16-8-6-14(7-9-16)21-17(11-27)18-12-28-20(23)10-19(18)30(21)15-4-2-3-5-15/h6-10,12-13,15,29H,2-5H2,1H3/t13-/m1/s1. The Bertz CT molecular complexity index is 1340. The molecule has 3 aromatic rings. The van der Waals surface area contributed by atoms with Gasteiger partial charge in [-0.1, -0.05) is 36.6 Å². The molecule has 11 heteroatoms. The van der Waals surface area contributed by atoms with Gasteiger partial charge in [0.2, 0.25) is 10.0 Å². The Morgan fingerprint density at radius 2 is 1.88 bits per heavy atom. The summed E-state index contributed by atoms with van der Waals surface area (Å²) in [6.07, 6.45) is 0.786. The molecule has 0 saturated heterocycles. The number of fused-ring (bicyclic) bond motifs is 1. The first-order valence-electron chi connectivity index (χ1n) is 10.3. The molecule has 2 heterocycles. The quantitative estimate of drug-likeness (QED) is 0.467. The van der Waals surface area contributed by atoms with Gasteiger partial charge in [-0.2, -0.15) is 23.2 Å². The van der Waals surface area contributed by atoms with E-state index in [2.05, 4.69) is 15.6 Å². The molecule has 0 bridgehead atoms. The molecule has 1 fully saturated rings. The molecular formula is C22H20ClF3N4O2S. The molecule has 0 unspecified atom stereocenters. The van der Waals surface area contributed by atoms with Gasteiger partial charge >= 0.3 is 6.18 Å². The maximum absolute atomic E-state index is 12.8. The molecule has 0 aliphatic heterocycles. The summed E-state index contributed by atoms with van der Waals surface area (Å²) in [6.45, 7) is 0.740. The highest BCUT2D eigenvalue weighted by Gasteiger charge is 2.39. The maximum atomic E-state index is 12.8. The van der Waals surface area contributed by atoms with Crippen LogP contribution in [0.15, 0.2) is 41.4 Å². The van der Waals surface area contributed by atoms with Crippen LogP contribution in [-0.4, -0.2) is 30.2 Å². The average molecular weight is 497 g/mol. The van der Waals surface area contributed by atoms with Crippen LogP contribution >= 0.6 is 11.6 Å². The highest BCUT2D eigenvalue weighted by molar-refractivity contribution is 7.89.